The fourth-order valence-electron chi connectivity index (χ4n) is 3.65. The molecule has 33 heavy (non-hydrogen) atoms. The second-order valence-electron chi connectivity index (χ2n) is 7.48. The molecule has 0 aliphatic carbocycles. The van der Waals surface area contributed by atoms with Crippen LogP contribution in [0.1, 0.15) is 44.9 Å². The Balaban J connectivity index is 1.39. The van der Waals surface area contributed by atoms with Gasteiger partial charge in [-0.3, -0.25) is 25.0 Å². The van der Waals surface area contributed by atoms with Gasteiger partial charge in [0.25, 0.3) is 5.91 Å². The third kappa shape index (κ3) is 4.51. The lowest BCUT2D eigenvalue weighted by Gasteiger charge is -2.29. The molecule has 0 saturated carbocycles. The van der Waals surface area contributed by atoms with E-state index in [1.54, 1.807) is 5.38 Å². The lowest BCUT2D eigenvalue weighted by molar-refractivity contribution is -0.141. The average molecular weight is 482 g/mol. The fraction of sp³-hybridized carbons (Fsp3) is 0.368. The van der Waals surface area contributed by atoms with E-state index in [-0.39, 0.29) is 43.3 Å². The Morgan fingerprint density at radius 1 is 1.33 bits per heavy atom. The molecule has 5 amide bonds. The normalized spacial score (nSPS) is 18.2. The molecule has 174 valence electrons. The zero-order chi connectivity index (χ0) is 23.9. The summed E-state index contributed by atoms with van der Waals surface area (Å²) in [4.78, 5) is 57.4. The number of fused-ring (bicyclic) bond motifs is 1. The van der Waals surface area contributed by atoms with Crippen LogP contribution in [-0.4, -0.2) is 44.7 Å². The average Bonchev–Trinajstić information content (AvgIpc) is 3.27. The number of aromatic nitrogens is 2. The molecule has 2 aliphatic rings. The number of alkyl halides is 3. The van der Waals surface area contributed by atoms with Crippen LogP contribution in [0.5, 0.6) is 0 Å². The fourth-order valence-corrected chi connectivity index (χ4v) is 4.62. The summed E-state index contributed by atoms with van der Waals surface area (Å²) >= 11 is 1.24. The highest BCUT2D eigenvalue weighted by molar-refractivity contribution is 7.10. The van der Waals surface area contributed by atoms with Crippen molar-refractivity contribution in [3.05, 3.63) is 38.8 Å². The van der Waals surface area contributed by atoms with Crippen LogP contribution in [0.3, 0.4) is 0 Å². The van der Waals surface area contributed by atoms with Crippen LogP contribution in [0, 0.1) is 6.92 Å². The Kier molecular flexibility index (Phi) is 5.78. The lowest BCUT2D eigenvalue weighted by Crippen LogP contribution is -2.52. The second kappa shape index (κ2) is 8.42. The number of urea groups is 1. The van der Waals surface area contributed by atoms with Gasteiger partial charge in [-0.15, -0.1) is 11.3 Å². The summed E-state index contributed by atoms with van der Waals surface area (Å²) in [5, 5.41) is 8.51. The maximum atomic E-state index is 13.0. The third-order valence-corrected chi connectivity index (χ3v) is 6.29. The molecular formula is C19H17F3N6O4S. The number of hydrogen-bond acceptors (Lipinski definition) is 7. The number of anilines is 1. The molecule has 1 saturated heterocycles. The van der Waals surface area contributed by atoms with E-state index in [0.29, 0.717) is 16.0 Å². The summed E-state index contributed by atoms with van der Waals surface area (Å²) in [7, 11) is 0. The second-order valence-corrected chi connectivity index (χ2v) is 8.45. The first kappa shape index (κ1) is 22.6. The number of nitrogens with zero attached hydrogens (tertiary/aromatic N) is 3. The number of carbonyl (C=O) groups excluding carboxylic acids is 4. The first-order valence-electron chi connectivity index (χ1n) is 9.74. The van der Waals surface area contributed by atoms with Crippen LogP contribution in [0.4, 0.5) is 23.9 Å². The van der Waals surface area contributed by atoms with Gasteiger partial charge >= 0.3 is 12.2 Å². The summed E-state index contributed by atoms with van der Waals surface area (Å²) in [5.41, 5.74) is -0.247. The molecule has 4 rings (SSSR count). The highest BCUT2D eigenvalue weighted by Crippen LogP contribution is 2.34. The molecule has 1 fully saturated rings. The SMILES string of the molecule is Cc1cnc(NC(=O)NCc2scc3c2CN(C2CCC(=O)NC2=O)C3=O)nc1C(F)(F)F. The maximum Gasteiger partial charge on any atom is 0.433 e. The number of rotatable bonds is 4. The van der Waals surface area contributed by atoms with Crippen LogP contribution in [0.15, 0.2) is 11.6 Å². The van der Waals surface area contributed by atoms with Crippen molar-refractivity contribution in [1.29, 1.82) is 0 Å². The van der Waals surface area contributed by atoms with Crippen molar-refractivity contribution >= 4 is 41.0 Å². The number of thiophene rings is 1. The smallest absolute Gasteiger partial charge is 0.333 e. The Bertz CT molecular complexity index is 1160. The van der Waals surface area contributed by atoms with Gasteiger partial charge in [0.2, 0.25) is 17.8 Å². The van der Waals surface area contributed by atoms with E-state index in [0.717, 1.165) is 6.20 Å². The minimum Gasteiger partial charge on any atom is -0.333 e. The molecular weight excluding hydrogens is 465 g/mol. The molecule has 14 heteroatoms. The third-order valence-electron chi connectivity index (χ3n) is 5.26. The van der Waals surface area contributed by atoms with Gasteiger partial charge in [0.15, 0.2) is 5.69 Å². The monoisotopic (exact) mass is 482 g/mol. The first-order valence-corrected chi connectivity index (χ1v) is 10.6. The van der Waals surface area contributed by atoms with Gasteiger partial charge in [-0.25, -0.2) is 14.8 Å². The maximum absolute atomic E-state index is 13.0. The van der Waals surface area contributed by atoms with E-state index in [1.165, 1.54) is 23.2 Å². The van der Waals surface area contributed by atoms with E-state index in [9.17, 15) is 32.3 Å². The van der Waals surface area contributed by atoms with Gasteiger partial charge in [0.05, 0.1) is 12.1 Å². The molecule has 2 aromatic heterocycles. The van der Waals surface area contributed by atoms with Crippen molar-refractivity contribution in [3.63, 3.8) is 0 Å². The van der Waals surface area contributed by atoms with E-state index in [2.05, 4.69) is 25.9 Å². The lowest BCUT2D eigenvalue weighted by atomic mass is 10.0. The molecule has 1 unspecified atom stereocenters. The van der Waals surface area contributed by atoms with E-state index < -0.39 is 35.8 Å². The van der Waals surface area contributed by atoms with Gasteiger partial charge < -0.3 is 10.2 Å². The van der Waals surface area contributed by atoms with E-state index in [1.807, 2.05) is 0 Å². The van der Waals surface area contributed by atoms with Gasteiger partial charge in [-0.1, -0.05) is 0 Å². The molecule has 2 aromatic rings. The largest absolute Gasteiger partial charge is 0.433 e. The first-order chi connectivity index (χ1) is 15.5. The predicted octanol–water partition coefficient (Wildman–Crippen LogP) is 1.95. The van der Waals surface area contributed by atoms with Crippen LogP contribution < -0.4 is 16.0 Å². The summed E-state index contributed by atoms with van der Waals surface area (Å²) in [6, 6.07) is -1.57. The standard InChI is InChI=1S/C19H17F3N6O4S/c1-8-4-23-17(26-14(8)19(20,21)22)27-18(32)24-5-12-9-6-28(16(31)10(9)7-33-12)11-2-3-13(29)25-15(11)30/h4,7,11H,2-3,5-6H2,1H3,(H,25,29,30)(H2,23,24,26,27,32). The number of nitrogens with one attached hydrogen (secondary N) is 3. The predicted molar refractivity (Wildman–Crippen MR) is 108 cm³/mol. The number of amides is 5. The summed E-state index contributed by atoms with van der Waals surface area (Å²) in [6.07, 6.45) is -3.35. The topological polar surface area (TPSA) is 133 Å². The summed E-state index contributed by atoms with van der Waals surface area (Å²) < 4.78 is 38.9. The van der Waals surface area contributed by atoms with Gasteiger partial charge in [-0.05, 0) is 24.5 Å². The van der Waals surface area contributed by atoms with Crippen molar-refractivity contribution in [3.8, 4) is 0 Å². The Morgan fingerprint density at radius 3 is 2.79 bits per heavy atom. The number of piperidine rings is 1. The Morgan fingerprint density at radius 2 is 2.09 bits per heavy atom. The van der Waals surface area contributed by atoms with Crippen molar-refractivity contribution in [2.24, 2.45) is 0 Å². The molecule has 0 aromatic carbocycles. The van der Waals surface area contributed by atoms with Crippen LogP contribution in [0.25, 0.3) is 0 Å². The number of aryl methyl sites for hydroxylation is 1. The van der Waals surface area contributed by atoms with Crippen LogP contribution in [0.2, 0.25) is 0 Å². The molecule has 0 spiro atoms. The van der Waals surface area contributed by atoms with Crippen molar-refractivity contribution in [2.45, 2.75) is 45.1 Å². The van der Waals surface area contributed by atoms with E-state index >= 15 is 0 Å². The number of halogens is 3. The molecule has 0 bridgehead atoms. The van der Waals surface area contributed by atoms with Crippen LogP contribution >= 0.6 is 11.3 Å². The molecule has 3 N–H and O–H groups in total. The zero-order valence-corrected chi connectivity index (χ0v) is 17.9. The van der Waals surface area contributed by atoms with Crippen molar-refractivity contribution < 1.29 is 32.3 Å². The minimum absolute atomic E-state index is 0.000289. The Hall–Kier alpha value is -3.55. The van der Waals surface area contributed by atoms with Gasteiger partial charge in [0.1, 0.15) is 6.04 Å². The highest BCUT2D eigenvalue weighted by Gasteiger charge is 2.40. The number of imide groups is 1. The molecule has 0 radical (unpaired) electrons. The number of hydrogen-bond donors (Lipinski definition) is 3. The molecule has 2 aliphatic heterocycles. The van der Waals surface area contributed by atoms with Gasteiger partial charge in [-0.2, -0.15) is 13.2 Å². The molecule has 4 heterocycles. The molecule has 1 atom stereocenters. The molecule has 10 nitrogen and oxygen atoms in total. The summed E-state index contributed by atoms with van der Waals surface area (Å²) in [5.74, 6) is -1.74. The van der Waals surface area contributed by atoms with Crippen molar-refractivity contribution in [2.75, 3.05) is 5.32 Å². The minimum atomic E-state index is -4.68. The van der Waals surface area contributed by atoms with Crippen LogP contribution in [-0.2, 0) is 28.9 Å². The summed E-state index contributed by atoms with van der Waals surface area (Å²) in [6.45, 7) is 1.36. The quantitative estimate of drug-likeness (QED) is 0.571. The Labute approximate surface area is 188 Å². The zero-order valence-electron chi connectivity index (χ0n) is 17.1. The van der Waals surface area contributed by atoms with Gasteiger partial charge in [0, 0.05) is 29.4 Å². The highest BCUT2D eigenvalue weighted by atomic mass is 32.1. The van der Waals surface area contributed by atoms with E-state index in [4.69, 9.17) is 0 Å². The van der Waals surface area contributed by atoms with Crippen molar-refractivity contribution in [1.82, 2.24) is 25.5 Å². The number of carbonyl (C=O) groups is 4.